The van der Waals surface area contributed by atoms with E-state index in [9.17, 15) is 27.3 Å². The topological polar surface area (TPSA) is 147 Å². The number of aliphatic imine (C=N–C) groups is 1. The van der Waals surface area contributed by atoms with Gasteiger partial charge in [-0.25, -0.2) is 0 Å². The van der Waals surface area contributed by atoms with Crippen molar-refractivity contribution < 1.29 is 27.3 Å². The predicted molar refractivity (Wildman–Crippen MR) is 308 cm³/mol. The highest BCUT2D eigenvalue weighted by atomic mass is 35.5. The quantitative estimate of drug-likeness (QED) is 0.0430. The summed E-state index contributed by atoms with van der Waals surface area (Å²) in [6.45, 7) is 16.5. The van der Waals surface area contributed by atoms with Crippen molar-refractivity contribution in [2.24, 2.45) is 21.9 Å². The lowest BCUT2D eigenvalue weighted by molar-refractivity contribution is -0.140. The summed E-state index contributed by atoms with van der Waals surface area (Å²) in [6.07, 6.45) is -0.892. The second-order valence-electron chi connectivity index (χ2n) is 21.1. The monoisotopic (exact) mass is 1110 g/mol. The minimum atomic E-state index is -4.44. The van der Waals surface area contributed by atoms with E-state index in [0.29, 0.717) is 66.9 Å². The number of hydrogen-bond acceptors (Lipinski definition) is 11. The number of benzene rings is 3. The largest absolute Gasteiger partial charge is 0.406 e. The van der Waals surface area contributed by atoms with Crippen LogP contribution >= 0.6 is 30.1 Å². The lowest BCUT2D eigenvalue weighted by atomic mass is 9.95. The molecule has 6 heterocycles. The number of piperazine rings is 1. The number of hydrazone groups is 1. The second-order valence-corrected chi connectivity index (χ2v) is 26.0. The van der Waals surface area contributed by atoms with Gasteiger partial charge in [-0.05, 0) is 132 Å². The highest BCUT2D eigenvalue weighted by molar-refractivity contribution is 7.70. The Morgan fingerprint density at radius 3 is 2.23 bits per heavy atom. The number of nitrogens with two attached hydrogens (primary N) is 1. The van der Waals surface area contributed by atoms with Crippen LogP contribution < -0.4 is 26.7 Å². The third kappa shape index (κ3) is 13.4. The van der Waals surface area contributed by atoms with Crippen LogP contribution in [0.2, 0.25) is 5.02 Å². The summed E-state index contributed by atoms with van der Waals surface area (Å²) in [4.78, 5) is 44.9. The number of aromatic nitrogens is 1. The van der Waals surface area contributed by atoms with Gasteiger partial charge in [-0.1, -0.05) is 35.7 Å². The fourth-order valence-corrected chi connectivity index (χ4v) is 13.3. The Kier molecular flexibility index (Phi) is 17.5. The van der Waals surface area contributed by atoms with Gasteiger partial charge in [0.1, 0.15) is 24.7 Å². The zero-order valence-electron chi connectivity index (χ0n) is 44.6. The molecule has 14 nitrogen and oxygen atoms in total. The first-order chi connectivity index (χ1) is 36.8. The van der Waals surface area contributed by atoms with Crippen molar-refractivity contribution in [2.75, 3.05) is 107 Å². The molecule has 4 aliphatic rings. The average Bonchev–Trinajstić information content (AvgIpc) is 3.96. The lowest BCUT2D eigenvalue weighted by Gasteiger charge is -2.40. The Labute approximate surface area is 459 Å². The Hall–Kier alpha value is -5.83. The Morgan fingerprint density at radius 1 is 0.896 bits per heavy atom. The van der Waals surface area contributed by atoms with Gasteiger partial charge in [0.25, 0.3) is 0 Å². The minimum Gasteiger partial charge on any atom is -0.382 e. The number of likely N-dealkylation sites (tertiary alicyclic amines) is 2. The molecule has 2 aromatic heterocycles. The van der Waals surface area contributed by atoms with Crippen molar-refractivity contribution in [3.63, 3.8) is 0 Å². The van der Waals surface area contributed by atoms with Gasteiger partial charge in [0.2, 0.25) is 11.8 Å². The van der Waals surface area contributed by atoms with Crippen LogP contribution in [-0.2, 0) is 20.7 Å². The number of halogens is 4. The molecule has 77 heavy (non-hydrogen) atoms. The molecule has 9 rings (SSSR count). The van der Waals surface area contributed by atoms with Crippen molar-refractivity contribution >= 4 is 86.0 Å². The molecule has 1 atom stereocenters. The van der Waals surface area contributed by atoms with E-state index in [-0.39, 0.29) is 36.5 Å². The summed E-state index contributed by atoms with van der Waals surface area (Å²) < 4.78 is 55.3. The first-order valence-electron chi connectivity index (χ1n) is 26.7. The van der Waals surface area contributed by atoms with Crippen molar-refractivity contribution in [2.45, 2.75) is 77.7 Å². The number of nitrogens with one attached hydrogen (secondary N) is 2. The number of carbonyl (C=O) groups is 2. The number of fused-ring (bicyclic) bond motifs is 2. The second kappa shape index (κ2) is 24.0. The number of likely N-dealkylation sites (N-methyl/N-ethyl adjacent to an activating group) is 1. The van der Waals surface area contributed by atoms with Crippen molar-refractivity contribution in [1.82, 2.24) is 24.2 Å². The summed E-state index contributed by atoms with van der Waals surface area (Å²) in [5.41, 5.74) is 6.19. The number of alkyl halides is 3. The highest BCUT2D eigenvalue weighted by Gasteiger charge is 2.37. The molecule has 5 aromatic rings. The number of nitrogens with zero attached hydrogens (tertiary/aromatic N) is 8. The Morgan fingerprint density at radius 2 is 1.58 bits per heavy atom. The smallest absolute Gasteiger partial charge is 0.382 e. The number of thiophene rings is 1. The first-order valence-corrected chi connectivity index (χ1v) is 30.5. The predicted octanol–water partition coefficient (Wildman–Crippen LogP) is 8.91. The molecular weight excluding hydrogens is 1040 g/mol. The molecule has 2 amide bonds. The van der Waals surface area contributed by atoms with Gasteiger partial charge in [-0.3, -0.25) is 24.4 Å². The fourth-order valence-electron chi connectivity index (χ4n) is 11.1. The van der Waals surface area contributed by atoms with E-state index in [2.05, 4.69) is 63.0 Å². The van der Waals surface area contributed by atoms with Gasteiger partial charge in [0, 0.05) is 115 Å². The molecule has 0 spiro atoms. The maximum Gasteiger partial charge on any atom is 0.406 e. The summed E-state index contributed by atoms with van der Waals surface area (Å²) >= 11 is 7.99. The summed E-state index contributed by atoms with van der Waals surface area (Å²) in [6, 6.07) is 21.6. The van der Waals surface area contributed by atoms with Gasteiger partial charge >= 0.3 is 6.18 Å². The van der Waals surface area contributed by atoms with E-state index in [1.807, 2.05) is 64.4 Å². The molecule has 0 aliphatic carbocycles. The van der Waals surface area contributed by atoms with E-state index in [1.165, 1.54) is 9.44 Å². The van der Waals surface area contributed by atoms with E-state index in [1.54, 1.807) is 42.9 Å². The van der Waals surface area contributed by atoms with Crippen LogP contribution in [0.1, 0.15) is 66.3 Å². The molecule has 3 aromatic carbocycles. The van der Waals surface area contributed by atoms with Crippen LogP contribution in [-0.4, -0.2) is 158 Å². The van der Waals surface area contributed by atoms with Crippen LogP contribution in [0.15, 0.2) is 82.9 Å². The van der Waals surface area contributed by atoms with Crippen LogP contribution in [0, 0.1) is 31.6 Å². The number of amidine groups is 1. The molecule has 4 N–H and O–H groups in total. The molecule has 410 valence electrons. The standard InChI is InChI=1S/C57H70ClF3N11O3PS/c1-6-71-55(66-62)49(65-54(41-12-14-42(58)15-13-41)53-38(2)39(3)77-56(53)71)34-51(73)69-27-20-40(21-28-69)35-68-29-31-70(32-30-68)52(74)36-67-25-22-44(23-26-67)64-48-10-7-11-50-47(48)33-45(72(50)37-57(59,60)61)9-8-24-63-43-16-18-46(19-17-43)76(4,5)75/h7,10-19,33,40,44,49,63-64H,6,20-32,34-37,62H2,1-5H3/b66-55-/t49-/m0/s1. The van der Waals surface area contributed by atoms with Crippen LogP contribution in [0.25, 0.3) is 10.9 Å². The van der Waals surface area contributed by atoms with Gasteiger partial charge < -0.3 is 40.3 Å². The Balaban J connectivity index is 0.726. The van der Waals surface area contributed by atoms with Gasteiger partial charge in [-0.2, -0.15) is 18.3 Å². The third-order valence-corrected chi connectivity index (χ3v) is 18.6. The Bertz CT molecular complexity index is 3100. The molecule has 0 radical (unpaired) electrons. The van der Waals surface area contributed by atoms with E-state index >= 15 is 0 Å². The minimum absolute atomic E-state index is 0.0419. The number of rotatable bonds is 14. The van der Waals surface area contributed by atoms with Crippen LogP contribution in [0.5, 0.6) is 0 Å². The lowest BCUT2D eigenvalue weighted by Crippen LogP contribution is -2.53. The normalized spacial score (nSPS) is 19.0. The van der Waals surface area contributed by atoms with Gasteiger partial charge in [-0.15, -0.1) is 11.3 Å². The SMILES string of the molecule is CCN1/C(=N\N)[C@H](CC(=O)N2CCC(CN3CCN(C(=O)CN4CCC(Nc5cccc6c5cc(C#CCNc5ccc(P(C)(C)=O)cc5)n6CC(F)(F)F)CC4)CC3)CC2)N=C(c2ccc(Cl)cc2)c2c1sc(C)c2C. The number of hydrogen-bond donors (Lipinski definition) is 3. The molecule has 20 heteroatoms. The number of aryl methyl sites for hydroxylation is 1. The average molecular weight is 1110 g/mol. The molecule has 3 fully saturated rings. The van der Waals surface area contributed by atoms with E-state index in [0.717, 1.165) is 102 Å². The van der Waals surface area contributed by atoms with Crippen molar-refractivity contribution in [1.29, 1.82) is 0 Å². The third-order valence-electron chi connectivity index (χ3n) is 15.5. The zero-order valence-corrected chi connectivity index (χ0v) is 47.1. The summed E-state index contributed by atoms with van der Waals surface area (Å²) in [5.74, 6) is 13.3. The van der Waals surface area contributed by atoms with Gasteiger partial charge in [0.15, 0.2) is 5.84 Å². The maximum atomic E-state index is 14.1. The zero-order chi connectivity index (χ0) is 54.6. The summed E-state index contributed by atoms with van der Waals surface area (Å²) in [7, 11) is -2.39. The fraction of sp³-hybridized carbons (Fsp3) is 0.474. The van der Waals surface area contributed by atoms with Gasteiger partial charge in [0.05, 0.1) is 36.4 Å². The van der Waals surface area contributed by atoms with Crippen LogP contribution in [0.4, 0.5) is 29.5 Å². The molecule has 0 unspecified atom stereocenters. The molecular formula is C57H70ClF3N11O3PS. The molecule has 0 bridgehead atoms. The maximum absolute atomic E-state index is 14.1. The molecule has 4 aliphatic heterocycles. The number of amides is 2. The molecule has 3 saturated heterocycles. The van der Waals surface area contributed by atoms with E-state index < -0.39 is 25.9 Å². The number of anilines is 3. The summed E-state index contributed by atoms with van der Waals surface area (Å²) in [5, 5.41) is 14.2. The number of carbonyl (C=O) groups excluding carboxylic acids is 2. The van der Waals surface area contributed by atoms with Crippen molar-refractivity contribution in [3.05, 3.63) is 105 Å². The first kappa shape index (κ1) is 55.9. The van der Waals surface area contributed by atoms with E-state index in [4.69, 9.17) is 22.4 Å². The highest BCUT2D eigenvalue weighted by Crippen LogP contribution is 2.41. The van der Waals surface area contributed by atoms with Crippen LogP contribution in [0.3, 0.4) is 0 Å². The number of piperidine rings is 2. The molecule has 0 saturated carbocycles. The van der Waals surface area contributed by atoms with Crippen molar-refractivity contribution in [3.8, 4) is 11.8 Å².